The highest BCUT2D eigenvalue weighted by molar-refractivity contribution is 8.01. The van der Waals surface area contributed by atoms with Gasteiger partial charge in [0.1, 0.15) is 0 Å². The Bertz CT molecular complexity index is 1230. The topological polar surface area (TPSA) is 94.6 Å². The zero-order valence-electron chi connectivity index (χ0n) is 19.7. The summed E-state index contributed by atoms with van der Waals surface area (Å²) < 4.78 is 0.750. The molecule has 0 bridgehead atoms. The van der Waals surface area contributed by atoms with E-state index in [0.29, 0.717) is 29.5 Å². The van der Waals surface area contributed by atoms with Crippen molar-refractivity contribution in [1.82, 2.24) is 9.88 Å². The molecule has 1 aliphatic rings. The maximum absolute atomic E-state index is 12.8. The van der Waals surface area contributed by atoms with Crippen LogP contribution in [0.5, 0.6) is 0 Å². The number of hydrogen-bond donors (Lipinski definition) is 2. The zero-order valence-corrected chi connectivity index (χ0v) is 22.1. The second-order valence-corrected chi connectivity index (χ2v) is 10.7. The predicted molar refractivity (Wildman–Crippen MR) is 146 cm³/mol. The van der Waals surface area contributed by atoms with Crippen LogP contribution < -0.4 is 15.5 Å². The lowest BCUT2D eigenvalue weighted by molar-refractivity contribution is -0.130. The Balaban J connectivity index is 1.20. The molecular formula is C25H26ClN5O3S2. The largest absolute Gasteiger partial charge is 0.368 e. The number of carbonyl (C=O) groups excluding carboxylic acids is 3. The molecule has 2 aromatic carbocycles. The fourth-order valence-corrected chi connectivity index (χ4v) is 5.58. The Labute approximate surface area is 223 Å². The fraction of sp³-hybridized carbons (Fsp3) is 0.280. The van der Waals surface area contributed by atoms with E-state index in [1.165, 1.54) is 30.0 Å². The van der Waals surface area contributed by atoms with E-state index in [2.05, 4.69) is 20.5 Å². The van der Waals surface area contributed by atoms with Crippen molar-refractivity contribution in [2.24, 2.45) is 0 Å². The summed E-state index contributed by atoms with van der Waals surface area (Å²) in [7, 11) is 0. The highest BCUT2D eigenvalue weighted by Crippen LogP contribution is 2.24. The van der Waals surface area contributed by atoms with Crippen molar-refractivity contribution >= 4 is 69.5 Å². The molecule has 1 saturated heterocycles. The van der Waals surface area contributed by atoms with E-state index in [-0.39, 0.29) is 29.9 Å². The number of halogens is 1. The Morgan fingerprint density at radius 1 is 1.03 bits per heavy atom. The van der Waals surface area contributed by atoms with Crippen molar-refractivity contribution in [2.45, 2.75) is 17.7 Å². The number of piperazine rings is 1. The molecule has 8 nitrogen and oxygen atoms in total. The third-order valence-corrected chi connectivity index (χ3v) is 7.79. The smallest absolute Gasteiger partial charge is 0.234 e. The molecule has 0 aliphatic carbocycles. The summed E-state index contributed by atoms with van der Waals surface area (Å²) in [4.78, 5) is 44.8. The van der Waals surface area contributed by atoms with E-state index in [1.54, 1.807) is 24.3 Å². The summed E-state index contributed by atoms with van der Waals surface area (Å²) >= 11 is 8.87. The summed E-state index contributed by atoms with van der Waals surface area (Å²) in [5.41, 5.74) is 3.11. The van der Waals surface area contributed by atoms with Crippen molar-refractivity contribution in [2.75, 3.05) is 47.5 Å². The van der Waals surface area contributed by atoms with E-state index < -0.39 is 0 Å². The standard InChI is InChI=1S/C25H26ClN5O3S2/c1-17(32)27-19-5-7-20(8-6-19)28-23(33)16-36-25-29-21(15-35-25)14-24(34)31-11-9-30(10-12-31)22-4-2-3-18(26)13-22/h2-8,13,15H,9-12,14,16H2,1H3,(H,27,32)(H,28,33). The summed E-state index contributed by atoms with van der Waals surface area (Å²) in [5.74, 6) is -0.0374. The molecule has 4 rings (SSSR count). The summed E-state index contributed by atoms with van der Waals surface area (Å²) in [6, 6.07) is 14.7. The number of nitrogens with one attached hydrogen (secondary N) is 2. The highest BCUT2D eigenvalue weighted by atomic mass is 35.5. The molecule has 188 valence electrons. The maximum atomic E-state index is 12.8. The predicted octanol–water partition coefficient (Wildman–Crippen LogP) is 4.38. The monoisotopic (exact) mass is 543 g/mol. The van der Waals surface area contributed by atoms with Gasteiger partial charge in [0.15, 0.2) is 4.34 Å². The van der Waals surface area contributed by atoms with Gasteiger partial charge in [-0.25, -0.2) is 4.98 Å². The molecule has 2 N–H and O–H groups in total. The van der Waals surface area contributed by atoms with E-state index in [4.69, 9.17) is 11.6 Å². The highest BCUT2D eigenvalue weighted by Gasteiger charge is 2.22. The number of anilines is 3. The third-order valence-electron chi connectivity index (χ3n) is 5.48. The lowest BCUT2D eigenvalue weighted by Gasteiger charge is -2.36. The van der Waals surface area contributed by atoms with Gasteiger partial charge in [0.05, 0.1) is 17.9 Å². The lowest BCUT2D eigenvalue weighted by atomic mass is 10.2. The van der Waals surface area contributed by atoms with Gasteiger partial charge in [0.2, 0.25) is 17.7 Å². The van der Waals surface area contributed by atoms with Crippen molar-refractivity contribution in [3.63, 3.8) is 0 Å². The molecule has 0 spiro atoms. The quantitative estimate of drug-likeness (QED) is 0.410. The molecule has 0 atom stereocenters. The number of carbonyl (C=O) groups is 3. The summed E-state index contributed by atoms with van der Waals surface area (Å²) in [6.07, 6.45) is 0.251. The van der Waals surface area contributed by atoms with Crippen molar-refractivity contribution in [3.8, 4) is 0 Å². The van der Waals surface area contributed by atoms with Crippen LogP contribution in [0.15, 0.2) is 58.3 Å². The van der Waals surface area contributed by atoms with Crippen LogP contribution in [0.1, 0.15) is 12.6 Å². The van der Waals surface area contributed by atoms with Gasteiger partial charge < -0.3 is 20.4 Å². The number of aromatic nitrogens is 1. The summed E-state index contributed by atoms with van der Waals surface area (Å²) in [5, 5.41) is 8.09. The first-order valence-corrected chi connectivity index (χ1v) is 13.6. The summed E-state index contributed by atoms with van der Waals surface area (Å²) in [6.45, 7) is 4.27. The molecule has 0 saturated carbocycles. The Morgan fingerprint density at radius 2 is 1.72 bits per heavy atom. The first kappa shape index (κ1) is 26.0. The number of amides is 3. The molecule has 1 aliphatic heterocycles. The third kappa shape index (κ3) is 7.46. The van der Waals surface area contributed by atoms with Gasteiger partial charge in [-0.05, 0) is 42.5 Å². The fourth-order valence-electron chi connectivity index (χ4n) is 3.75. The van der Waals surface area contributed by atoms with Crippen LogP contribution in [0.4, 0.5) is 17.1 Å². The molecule has 0 unspecified atom stereocenters. The minimum Gasteiger partial charge on any atom is -0.368 e. The Kier molecular flexibility index (Phi) is 8.84. The normalized spacial score (nSPS) is 13.4. The minimum atomic E-state index is -0.155. The molecule has 2 heterocycles. The first-order chi connectivity index (χ1) is 17.4. The molecule has 0 radical (unpaired) electrons. The van der Waals surface area contributed by atoms with Gasteiger partial charge >= 0.3 is 0 Å². The second-order valence-electron chi connectivity index (χ2n) is 8.22. The number of thiazole rings is 1. The molecule has 3 aromatic rings. The van der Waals surface area contributed by atoms with Crippen LogP contribution in [-0.4, -0.2) is 59.5 Å². The maximum Gasteiger partial charge on any atom is 0.234 e. The van der Waals surface area contributed by atoms with Gasteiger partial charge in [-0.15, -0.1) is 11.3 Å². The number of benzene rings is 2. The van der Waals surface area contributed by atoms with Gasteiger partial charge in [0, 0.05) is 60.6 Å². The van der Waals surface area contributed by atoms with Crippen LogP contribution >= 0.6 is 34.7 Å². The SMILES string of the molecule is CC(=O)Nc1ccc(NC(=O)CSc2nc(CC(=O)N3CCN(c4cccc(Cl)c4)CC3)cs2)cc1. The Hall–Kier alpha value is -3.08. The number of thioether (sulfide) groups is 1. The second kappa shape index (κ2) is 12.2. The van der Waals surface area contributed by atoms with Crippen molar-refractivity contribution < 1.29 is 14.4 Å². The number of hydrogen-bond acceptors (Lipinski definition) is 7. The molecule has 1 aromatic heterocycles. The van der Waals surface area contributed by atoms with Crippen LogP contribution in [0, 0.1) is 0 Å². The van der Waals surface area contributed by atoms with Gasteiger partial charge in [-0.1, -0.05) is 29.4 Å². The first-order valence-electron chi connectivity index (χ1n) is 11.4. The lowest BCUT2D eigenvalue weighted by Crippen LogP contribution is -2.49. The minimum absolute atomic E-state index is 0.0584. The van der Waals surface area contributed by atoms with Crippen LogP contribution in [0.2, 0.25) is 5.02 Å². The Morgan fingerprint density at radius 3 is 2.39 bits per heavy atom. The molecule has 11 heteroatoms. The van der Waals surface area contributed by atoms with Gasteiger partial charge in [-0.2, -0.15) is 0 Å². The zero-order chi connectivity index (χ0) is 25.5. The molecule has 36 heavy (non-hydrogen) atoms. The average molecular weight is 544 g/mol. The van der Waals surface area contributed by atoms with Crippen molar-refractivity contribution in [3.05, 3.63) is 64.6 Å². The van der Waals surface area contributed by atoms with Crippen molar-refractivity contribution in [1.29, 1.82) is 0 Å². The molecule has 3 amide bonds. The molecule has 1 fully saturated rings. The van der Waals surface area contributed by atoms with Crippen LogP contribution in [-0.2, 0) is 20.8 Å². The molecular weight excluding hydrogens is 518 g/mol. The van der Waals surface area contributed by atoms with E-state index in [9.17, 15) is 14.4 Å². The number of rotatable bonds is 8. The number of nitrogens with zero attached hydrogens (tertiary/aromatic N) is 3. The van der Waals surface area contributed by atoms with Gasteiger partial charge in [-0.3, -0.25) is 14.4 Å². The van der Waals surface area contributed by atoms with E-state index in [1.807, 2.05) is 34.5 Å². The van der Waals surface area contributed by atoms with Crippen LogP contribution in [0.25, 0.3) is 0 Å². The van der Waals surface area contributed by atoms with E-state index >= 15 is 0 Å². The van der Waals surface area contributed by atoms with E-state index in [0.717, 1.165) is 28.8 Å². The average Bonchev–Trinajstić information content (AvgIpc) is 3.31. The van der Waals surface area contributed by atoms with Gasteiger partial charge in [0.25, 0.3) is 0 Å². The van der Waals surface area contributed by atoms with Crippen LogP contribution in [0.3, 0.4) is 0 Å².